The van der Waals surface area contributed by atoms with E-state index in [1.54, 1.807) is 11.3 Å². The van der Waals surface area contributed by atoms with Gasteiger partial charge in [-0.25, -0.2) is 0 Å². The van der Waals surface area contributed by atoms with Gasteiger partial charge in [-0.15, -0.1) is 11.3 Å². The first kappa shape index (κ1) is 17.4. The van der Waals surface area contributed by atoms with Crippen LogP contribution < -0.4 is 5.32 Å². The van der Waals surface area contributed by atoms with E-state index in [2.05, 4.69) is 29.5 Å². The summed E-state index contributed by atoms with van der Waals surface area (Å²) in [6.07, 6.45) is 3.88. The molecule has 5 heteroatoms. The largest absolute Gasteiger partial charge is 0.349 e. The van der Waals surface area contributed by atoms with Crippen molar-refractivity contribution in [1.29, 1.82) is 0 Å². The van der Waals surface area contributed by atoms with Gasteiger partial charge in [-0.3, -0.25) is 9.48 Å². The summed E-state index contributed by atoms with van der Waals surface area (Å²) in [4.78, 5) is 13.8. The summed E-state index contributed by atoms with van der Waals surface area (Å²) in [7, 11) is 0. The summed E-state index contributed by atoms with van der Waals surface area (Å²) in [5, 5.41) is 9.78. The highest BCUT2D eigenvalue weighted by molar-refractivity contribution is 7.13. The highest BCUT2D eigenvalue weighted by Gasteiger charge is 2.20. The molecular formula is C20H23N3OS. The van der Waals surface area contributed by atoms with Crippen molar-refractivity contribution in [2.45, 2.75) is 39.3 Å². The van der Waals surface area contributed by atoms with E-state index in [0.717, 1.165) is 29.0 Å². The zero-order valence-electron chi connectivity index (χ0n) is 14.6. The second-order valence-corrected chi connectivity index (χ2v) is 7.16. The zero-order chi connectivity index (χ0) is 17.6. The van der Waals surface area contributed by atoms with Crippen LogP contribution in [-0.4, -0.2) is 21.7 Å². The van der Waals surface area contributed by atoms with Gasteiger partial charge < -0.3 is 5.32 Å². The average Bonchev–Trinajstić information content (AvgIpc) is 3.25. The Bertz CT molecular complexity index is 809. The highest BCUT2D eigenvalue weighted by Crippen LogP contribution is 2.27. The van der Waals surface area contributed by atoms with E-state index in [9.17, 15) is 4.79 Å². The van der Waals surface area contributed by atoms with E-state index in [-0.39, 0.29) is 11.9 Å². The molecule has 1 amide bonds. The lowest BCUT2D eigenvalue weighted by Gasteiger charge is -2.12. The van der Waals surface area contributed by atoms with Crippen molar-refractivity contribution in [2.24, 2.45) is 0 Å². The Balaban J connectivity index is 1.88. The van der Waals surface area contributed by atoms with Crippen LogP contribution in [-0.2, 0) is 6.54 Å². The van der Waals surface area contributed by atoms with Crippen molar-refractivity contribution in [2.75, 3.05) is 0 Å². The molecule has 0 saturated heterocycles. The lowest BCUT2D eigenvalue weighted by Crippen LogP contribution is -2.32. The van der Waals surface area contributed by atoms with E-state index >= 15 is 0 Å². The molecular weight excluding hydrogens is 330 g/mol. The summed E-state index contributed by atoms with van der Waals surface area (Å²) >= 11 is 1.60. The van der Waals surface area contributed by atoms with Crippen LogP contribution >= 0.6 is 11.3 Å². The van der Waals surface area contributed by atoms with E-state index < -0.39 is 0 Å². The molecule has 3 aromatic rings. The van der Waals surface area contributed by atoms with Crippen LogP contribution in [0.4, 0.5) is 0 Å². The number of carbonyl (C=O) groups excluding carboxylic acids is 1. The van der Waals surface area contributed by atoms with Gasteiger partial charge >= 0.3 is 0 Å². The van der Waals surface area contributed by atoms with Crippen molar-refractivity contribution in [1.82, 2.24) is 15.1 Å². The van der Waals surface area contributed by atoms with Crippen LogP contribution in [0.5, 0.6) is 0 Å². The molecule has 2 heterocycles. The number of benzene rings is 1. The fourth-order valence-corrected chi connectivity index (χ4v) is 3.56. The molecule has 0 fully saturated rings. The predicted molar refractivity (Wildman–Crippen MR) is 103 cm³/mol. The lowest BCUT2D eigenvalue weighted by molar-refractivity contribution is 0.0939. The van der Waals surface area contributed by atoms with Crippen molar-refractivity contribution in [3.63, 3.8) is 0 Å². The SMILES string of the molecule is CCC[C@H](C)NC(=O)c1cn(Cc2ccccc2)nc1-c1cccs1. The van der Waals surface area contributed by atoms with Crippen molar-refractivity contribution in [3.8, 4) is 10.6 Å². The van der Waals surface area contributed by atoms with Gasteiger partial charge in [-0.1, -0.05) is 49.7 Å². The third-order valence-electron chi connectivity index (χ3n) is 4.05. The summed E-state index contributed by atoms with van der Waals surface area (Å²) in [5.74, 6) is -0.0522. The third kappa shape index (κ3) is 4.37. The van der Waals surface area contributed by atoms with Gasteiger partial charge in [0.2, 0.25) is 0 Å². The minimum atomic E-state index is -0.0522. The Morgan fingerprint density at radius 2 is 2.04 bits per heavy atom. The molecule has 3 rings (SSSR count). The average molecular weight is 353 g/mol. The first-order valence-electron chi connectivity index (χ1n) is 8.63. The Morgan fingerprint density at radius 3 is 2.72 bits per heavy atom. The van der Waals surface area contributed by atoms with E-state index in [4.69, 9.17) is 0 Å². The molecule has 1 N–H and O–H groups in total. The second-order valence-electron chi connectivity index (χ2n) is 6.22. The van der Waals surface area contributed by atoms with Crippen molar-refractivity contribution < 1.29 is 4.79 Å². The van der Waals surface area contributed by atoms with E-state index in [1.165, 1.54) is 0 Å². The number of nitrogens with zero attached hydrogens (tertiary/aromatic N) is 2. The Labute approximate surface area is 152 Å². The molecule has 1 atom stereocenters. The number of thiophene rings is 1. The topological polar surface area (TPSA) is 46.9 Å². The van der Waals surface area contributed by atoms with Gasteiger partial charge in [0.05, 0.1) is 17.0 Å². The van der Waals surface area contributed by atoms with Crippen LogP contribution in [0.25, 0.3) is 10.6 Å². The minimum absolute atomic E-state index is 0.0522. The molecule has 0 aliphatic carbocycles. The first-order valence-corrected chi connectivity index (χ1v) is 9.51. The zero-order valence-corrected chi connectivity index (χ0v) is 15.4. The number of aromatic nitrogens is 2. The number of carbonyl (C=O) groups is 1. The van der Waals surface area contributed by atoms with Gasteiger partial charge in [-0.05, 0) is 30.4 Å². The highest BCUT2D eigenvalue weighted by atomic mass is 32.1. The number of rotatable bonds is 7. The predicted octanol–water partition coefficient (Wildman–Crippen LogP) is 4.58. The molecule has 0 spiro atoms. The van der Waals surface area contributed by atoms with Crippen molar-refractivity contribution in [3.05, 3.63) is 65.2 Å². The summed E-state index contributed by atoms with van der Waals surface area (Å²) in [6.45, 7) is 4.81. The first-order chi connectivity index (χ1) is 12.2. The maximum Gasteiger partial charge on any atom is 0.255 e. The Hall–Kier alpha value is -2.40. The van der Waals surface area contributed by atoms with Crippen LogP contribution in [0.15, 0.2) is 54.0 Å². The monoisotopic (exact) mass is 353 g/mol. The van der Waals surface area contributed by atoms with Crippen LogP contribution in [0.2, 0.25) is 0 Å². The molecule has 1 aromatic carbocycles. The van der Waals surface area contributed by atoms with Crippen LogP contribution in [0, 0.1) is 0 Å². The molecule has 2 aromatic heterocycles. The van der Waals surface area contributed by atoms with Crippen molar-refractivity contribution >= 4 is 17.2 Å². The van der Waals surface area contributed by atoms with Gasteiger partial charge in [0.1, 0.15) is 5.69 Å². The summed E-state index contributed by atoms with van der Waals surface area (Å²) < 4.78 is 1.85. The Morgan fingerprint density at radius 1 is 1.24 bits per heavy atom. The quantitative estimate of drug-likeness (QED) is 0.676. The fourth-order valence-electron chi connectivity index (χ4n) is 2.84. The molecule has 0 saturated carbocycles. The second kappa shape index (κ2) is 8.12. The molecule has 0 bridgehead atoms. The fraction of sp³-hybridized carbons (Fsp3) is 0.300. The Kier molecular flexibility index (Phi) is 5.66. The summed E-state index contributed by atoms with van der Waals surface area (Å²) in [5.41, 5.74) is 2.56. The van der Waals surface area contributed by atoms with Gasteiger partial charge in [0, 0.05) is 12.2 Å². The smallest absolute Gasteiger partial charge is 0.255 e. The molecule has 25 heavy (non-hydrogen) atoms. The molecule has 130 valence electrons. The minimum Gasteiger partial charge on any atom is -0.349 e. The van der Waals surface area contributed by atoms with E-state index in [1.807, 2.05) is 53.5 Å². The molecule has 4 nitrogen and oxygen atoms in total. The molecule has 0 unspecified atom stereocenters. The maximum absolute atomic E-state index is 12.8. The molecule has 0 radical (unpaired) electrons. The van der Waals surface area contributed by atoms with Gasteiger partial charge in [0.15, 0.2) is 0 Å². The molecule has 0 aliphatic heterocycles. The van der Waals surface area contributed by atoms with E-state index in [0.29, 0.717) is 12.1 Å². The van der Waals surface area contributed by atoms with Gasteiger partial charge in [0.25, 0.3) is 5.91 Å². The summed E-state index contributed by atoms with van der Waals surface area (Å²) in [6, 6.07) is 14.3. The number of hydrogen-bond donors (Lipinski definition) is 1. The maximum atomic E-state index is 12.8. The lowest BCUT2D eigenvalue weighted by atomic mass is 10.1. The van der Waals surface area contributed by atoms with Crippen LogP contribution in [0.3, 0.4) is 0 Å². The van der Waals surface area contributed by atoms with Gasteiger partial charge in [-0.2, -0.15) is 5.10 Å². The molecule has 0 aliphatic rings. The van der Waals surface area contributed by atoms with Crippen LogP contribution in [0.1, 0.15) is 42.6 Å². The number of amides is 1. The standard InChI is InChI=1S/C20H23N3OS/c1-3-8-15(2)21-20(24)17-14-23(13-16-9-5-4-6-10-16)22-19(17)18-11-7-12-25-18/h4-7,9-12,14-15H,3,8,13H2,1-2H3,(H,21,24)/t15-/m0/s1. The number of nitrogens with one attached hydrogen (secondary N) is 1. The normalized spacial score (nSPS) is 12.1. The number of hydrogen-bond acceptors (Lipinski definition) is 3. The third-order valence-corrected chi connectivity index (χ3v) is 4.92.